The van der Waals surface area contributed by atoms with Crippen LogP contribution in [0.4, 0.5) is 0 Å². The summed E-state index contributed by atoms with van der Waals surface area (Å²) in [7, 11) is 4.31. The maximum absolute atomic E-state index is 5.75. The van der Waals surface area contributed by atoms with Gasteiger partial charge in [0, 0.05) is 6.54 Å². The fourth-order valence-corrected chi connectivity index (χ4v) is 2.30. The lowest BCUT2D eigenvalue weighted by atomic mass is 9.79. The van der Waals surface area contributed by atoms with Gasteiger partial charge in [0.25, 0.3) is 0 Å². The molecule has 0 spiro atoms. The lowest BCUT2D eigenvalue weighted by Gasteiger charge is -2.32. The highest BCUT2D eigenvalue weighted by Gasteiger charge is 2.23. The van der Waals surface area contributed by atoms with Crippen molar-refractivity contribution in [3.05, 3.63) is 0 Å². The van der Waals surface area contributed by atoms with Crippen LogP contribution in [-0.4, -0.2) is 32.1 Å². The van der Waals surface area contributed by atoms with Gasteiger partial charge in [0.2, 0.25) is 0 Å². The van der Waals surface area contributed by atoms with Crippen LogP contribution in [0, 0.1) is 11.8 Å². The minimum absolute atomic E-state index is 0.793. The third-order valence-corrected chi connectivity index (χ3v) is 2.97. The Morgan fingerprint density at radius 1 is 1.17 bits per heavy atom. The molecule has 0 heterocycles. The second-order valence-electron chi connectivity index (χ2n) is 4.30. The molecule has 2 heteroatoms. The molecular formula is C10H22N2. The van der Waals surface area contributed by atoms with Crippen LogP contribution in [0.3, 0.4) is 0 Å². The summed E-state index contributed by atoms with van der Waals surface area (Å²) in [6.45, 7) is 2.11. The Bertz CT molecular complexity index is 123. The first-order valence-corrected chi connectivity index (χ1v) is 5.09. The Morgan fingerprint density at radius 2 is 1.75 bits per heavy atom. The molecule has 0 aromatic rings. The van der Waals surface area contributed by atoms with Gasteiger partial charge in [-0.3, -0.25) is 0 Å². The van der Waals surface area contributed by atoms with Gasteiger partial charge in [-0.2, -0.15) is 0 Å². The van der Waals surface area contributed by atoms with Crippen LogP contribution in [0.15, 0.2) is 0 Å². The summed E-state index contributed by atoms with van der Waals surface area (Å²) >= 11 is 0. The molecule has 0 aromatic carbocycles. The third kappa shape index (κ3) is 2.76. The molecule has 1 fully saturated rings. The first-order chi connectivity index (χ1) is 5.74. The summed E-state index contributed by atoms with van der Waals surface area (Å²) in [5, 5.41) is 0. The maximum atomic E-state index is 5.75. The highest BCUT2D eigenvalue weighted by atomic mass is 15.1. The highest BCUT2D eigenvalue weighted by Crippen LogP contribution is 2.29. The van der Waals surface area contributed by atoms with Crippen molar-refractivity contribution < 1.29 is 0 Å². The second-order valence-corrected chi connectivity index (χ2v) is 4.30. The van der Waals surface area contributed by atoms with Crippen molar-refractivity contribution in [2.75, 3.05) is 27.2 Å². The summed E-state index contributed by atoms with van der Waals surface area (Å²) < 4.78 is 0. The molecule has 1 aliphatic rings. The van der Waals surface area contributed by atoms with Gasteiger partial charge in [0.1, 0.15) is 0 Å². The van der Waals surface area contributed by atoms with Crippen LogP contribution in [0.25, 0.3) is 0 Å². The van der Waals surface area contributed by atoms with Gasteiger partial charge in [-0.05, 0) is 45.3 Å². The Hall–Kier alpha value is -0.0800. The van der Waals surface area contributed by atoms with E-state index in [9.17, 15) is 0 Å². The van der Waals surface area contributed by atoms with Gasteiger partial charge in [-0.25, -0.2) is 0 Å². The fourth-order valence-electron chi connectivity index (χ4n) is 2.30. The van der Waals surface area contributed by atoms with Crippen LogP contribution >= 0.6 is 0 Å². The topological polar surface area (TPSA) is 29.3 Å². The van der Waals surface area contributed by atoms with E-state index in [2.05, 4.69) is 19.0 Å². The monoisotopic (exact) mass is 170 g/mol. The van der Waals surface area contributed by atoms with E-state index in [-0.39, 0.29) is 0 Å². The Kier molecular flexibility index (Phi) is 4.02. The van der Waals surface area contributed by atoms with E-state index in [1.165, 1.54) is 32.2 Å². The molecule has 2 atom stereocenters. The second kappa shape index (κ2) is 4.83. The van der Waals surface area contributed by atoms with E-state index in [0.717, 1.165) is 18.4 Å². The first kappa shape index (κ1) is 10.0. The molecule has 1 rings (SSSR count). The van der Waals surface area contributed by atoms with Gasteiger partial charge in [0.05, 0.1) is 0 Å². The molecular weight excluding hydrogens is 148 g/mol. The van der Waals surface area contributed by atoms with Gasteiger partial charge < -0.3 is 10.6 Å². The quantitative estimate of drug-likeness (QED) is 0.692. The van der Waals surface area contributed by atoms with Crippen LogP contribution in [0.1, 0.15) is 25.7 Å². The number of nitrogens with two attached hydrogens (primary N) is 1. The number of hydrogen-bond acceptors (Lipinski definition) is 2. The summed E-state index contributed by atoms with van der Waals surface area (Å²) in [6, 6.07) is 0. The fraction of sp³-hybridized carbons (Fsp3) is 1.00. The lowest BCUT2D eigenvalue weighted by molar-refractivity contribution is 0.190. The zero-order chi connectivity index (χ0) is 8.97. The normalized spacial score (nSPS) is 31.0. The van der Waals surface area contributed by atoms with Gasteiger partial charge in [0.15, 0.2) is 0 Å². The Morgan fingerprint density at radius 3 is 2.25 bits per heavy atom. The van der Waals surface area contributed by atoms with Crippen molar-refractivity contribution in [1.29, 1.82) is 0 Å². The highest BCUT2D eigenvalue weighted by molar-refractivity contribution is 4.77. The maximum Gasteiger partial charge on any atom is 0.000668 e. The van der Waals surface area contributed by atoms with Gasteiger partial charge >= 0.3 is 0 Å². The summed E-state index contributed by atoms with van der Waals surface area (Å²) in [4.78, 5) is 2.29. The van der Waals surface area contributed by atoms with E-state index in [1.807, 2.05) is 0 Å². The standard InChI is InChI=1S/C10H22N2/c1-12(2)8-10-6-4-3-5-9(10)7-11/h9-10H,3-8,11H2,1-2H3. The van der Waals surface area contributed by atoms with E-state index in [1.54, 1.807) is 0 Å². The molecule has 12 heavy (non-hydrogen) atoms. The Balaban J connectivity index is 2.36. The van der Waals surface area contributed by atoms with E-state index in [4.69, 9.17) is 5.73 Å². The summed E-state index contributed by atoms with van der Waals surface area (Å²) in [5.74, 6) is 1.65. The van der Waals surface area contributed by atoms with Crippen molar-refractivity contribution in [1.82, 2.24) is 4.90 Å². The van der Waals surface area contributed by atoms with E-state index >= 15 is 0 Å². The van der Waals surface area contributed by atoms with Crippen molar-refractivity contribution in [3.63, 3.8) is 0 Å². The molecule has 0 saturated heterocycles. The largest absolute Gasteiger partial charge is 0.330 e. The van der Waals surface area contributed by atoms with E-state index in [0.29, 0.717) is 0 Å². The number of nitrogens with zero attached hydrogens (tertiary/aromatic N) is 1. The first-order valence-electron chi connectivity index (χ1n) is 5.09. The van der Waals surface area contributed by atoms with Crippen LogP contribution < -0.4 is 5.73 Å². The predicted octanol–water partition coefficient (Wildman–Crippen LogP) is 1.31. The number of hydrogen-bond donors (Lipinski definition) is 1. The minimum atomic E-state index is 0.793. The average Bonchev–Trinajstić information content (AvgIpc) is 2.04. The smallest absolute Gasteiger partial charge is 0.000668 e. The molecule has 72 valence electrons. The van der Waals surface area contributed by atoms with Crippen molar-refractivity contribution in [2.24, 2.45) is 17.6 Å². The lowest BCUT2D eigenvalue weighted by Crippen LogP contribution is -2.33. The predicted molar refractivity (Wildman–Crippen MR) is 53.1 cm³/mol. The average molecular weight is 170 g/mol. The zero-order valence-corrected chi connectivity index (χ0v) is 8.42. The van der Waals surface area contributed by atoms with Crippen molar-refractivity contribution in [3.8, 4) is 0 Å². The molecule has 0 aliphatic heterocycles. The molecule has 0 bridgehead atoms. The molecule has 2 unspecified atom stereocenters. The van der Waals surface area contributed by atoms with Crippen LogP contribution in [0.2, 0.25) is 0 Å². The van der Waals surface area contributed by atoms with Crippen LogP contribution in [-0.2, 0) is 0 Å². The molecule has 1 saturated carbocycles. The molecule has 2 N–H and O–H groups in total. The Labute approximate surface area is 76.1 Å². The SMILES string of the molecule is CN(C)CC1CCCCC1CN. The third-order valence-electron chi connectivity index (χ3n) is 2.97. The zero-order valence-electron chi connectivity index (χ0n) is 8.42. The van der Waals surface area contributed by atoms with Gasteiger partial charge in [-0.1, -0.05) is 12.8 Å². The van der Waals surface area contributed by atoms with E-state index < -0.39 is 0 Å². The van der Waals surface area contributed by atoms with Crippen molar-refractivity contribution >= 4 is 0 Å². The number of rotatable bonds is 3. The molecule has 0 amide bonds. The molecule has 0 aromatic heterocycles. The summed E-state index contributed by atoms with van der Waals surface area (Å²) in [5.41, 5.74) is 5.75. The van der Waals surface area contributed by atoms with Crippen LogP contribution in [0.5, 0.6) is 0 Å². The summed E-state index contributed by atoms with van der Waals surface area (Å²) in [6.07, 6.45) is 5.55. The van der Waals surface area contributed by atoms with Crippen molar-refractivity contribution in [2.45, 2.75) is 25.7 Å². The minimum Gasteiger partial charge on any atom is -0.330 e. The molecule has 0 radical (unpaired) electrons. The van der Waals surface area contributed by atoms with Gasteiger partial charge in [-0.15, -0.1) is 0 Å². The molecule has 2 nitrogen and oxygen atoms in total. The molecule has 1 aliphatic carbocycles.